The smallest absolute Gasteiger partial charge is 0.416 e. The Labute approximate surface area is 588 Å². The van der Waals surface area contributed by atoms with Crippen LogP contribution in [-0.2, 0) is 70.1 Å². The molecule has 2 aromatic carbocycles. The van der Waals surface area contributed by atoms with Crippen LogP contribution in [0.4, 0.5) is 24.5 Å². The summed E-state index contributed by atoms with van der Waals surface area (Å²) in [6, 6.07) is -5.94. The van der Waals surface area contributed by atoms with Crippen molar-refractivity contribution in [3.8, 4) is 11.5 Å². The van der Waals surface area contributed by atoms with Gasteiger partial charge in [0.15, 0.2) is 11.3 Å². The third kappa shape index (κ3) is 16.0. The molecule has 4 saturated heterocycles. The number of amides is 10. The number of fused-ring (bicyclic) bond motifs is 4. The normalized spacial score (nSPS) is 24.7. The number of esters is 2. The van der Waals surface area contributed by atoms with Crippen molar-refractivity contribution in [1.29, 1.82) is 0 Å². The molecular formula is C70H92F3N13O16. The summed E-state index contributed by atoms with van der Waals surface area (Å²) in [6.45, 7) is 17.4. The second kappa shape index (κ2) is 31.1. The Morgan fingerprint density at radius 2 is 1.08 bits per heavy atom. The minimum absolute atomic E-state index is 0.0632. The van der Waals surface area contributed by atoms with E-state index in [0.717, 1.165) is 21.9 Å². The first kappa shape index (κ1) is 77.8. The van der Waals surface area contributed by atoms with E-state index in [1.807, 2.05) is 0 Å². The van der Waals surface area contributed by atoms with E-state index in [2.05, 4.69) is 26.6 Å². The number of likely N-dealkylation sites (N-methyl/N-ethyl adjacent to an activating group) is 4. The van der Waals surface area contributed by atoms with Gasteiger partial charge < -0.3 is 75.6 Å². The number of aromatic nitrogens is 1. The molecule has 10 amide bonds. The number of halogens is 3. The lowest BCUT2D eigenvalue weighted by Gasteiger charge is -2.36. The number of carbonyl (C=O) groups is 12. The Morgan fingerprint density at radius 1 is 0.637 bits per heavy atom. The van der Waals surface area contributed by atoms with Crippen LogP contribution in [0, 0.1) is 37.5 Å². The van der Waals surface area contributed by atoms with Crippen LogP contribution < -0.4 is 37.7 Å². The maximum Gasteiger partial charge on any atom is 0.416 e. The van der Waals surface area contributed by atoms with Crippen LogP contribution in [0.15, 0.2) is 39.5 Å². The molecule has 4 fully saturated rings. The van der Waals surface area contributed by atoms with Crippen LogP contribution in [0.5, 0.6) is 0 Å². The lowest BCUT2D eigenvalue weighted by atomic mass is 9.98. The number of alkyl halides is 3. The summed E-state index contributed by atoms with van der Waals surface area (Å²) in [7, 11) is 5.47. The number of aryl methyl sites for hydroxylation is 1. The van der Waals surface area contributed by atoms with Gasteiger partial charge in [0.25, 0.3) is 11.8 Å². The summed E-state index contributed by atoms with van der Waals surface area (Å²) in [5.41, 5.74) is 1.86. The summed E-state index contributed by atoms with van der Waals surface area (Å²) in [4.78, 5) is 202. The molecule has 0 bridgehead atoms. The van der Waals surface area contributed by atoms with Gasteiger partial charge in [0.2, 0.25) is 52.7 Å². The van der Waals surface area contributed by atoms with Gasteiger partial charge in [0.05, 0.1) is 35.5 Å². The summed E-state index contributed by atoms with van der Waals surface area (Å²) >= 11 is 0. The summed E-state index contributed by atoms with van der Waals surface area (Å²) < 4.78 is 59.7. The summed E-state index contributed by atoms with van der Waals surface area (Å²) in [5, 5.41) is 13.7. The van der Waals surface area contributed by atoms with Gasteiger partial charge in [-0.2, -0.15) is 13.2 Å². The summed E-state index contributed by atoms with van der Waals surface area (Å²) in [5.74, 6) is -13.6. The average molecular weight is 1430 g/mol. The molecule has 6 aliphatic rings. The zero-order chi connectivity index (χ0) is 75.7. The van der Waals surface area contributed by atoms with E-state index in [4.69, 9.17) is 24.6 Å². The lowest BCUT2D eigenvalue weighted by molar-refractivity contribution is -0.163. The molecule has 10 atom stereocenters. The number of nitrogens with two attached hydrogens (primary N) is 1. The van der Waals surface area contributed by atoms with Crippen LogP contribution in [-0.4, -0.2) is 220 Å². The third-order valence-electron chi connectivity index (χ3n) is 19.5. The van der Waals surface area contributed by atoms with E-state index in [9.17, 15) is 56.3 Å². The number of carbonyl (C=O) groups excluding carboxylic acids is 12. The Kier molecular flexibility index (Phi) is 23.8. The van der Waals surface area contributed by atoms with Gasteiger partial charge in [-0.15, -0.1) is 0 Å². The number of hydrogen-bond acceptors (Lipinski definition) is 19. The standard InChI is InChI=1S/C70H92F3N13O16/c1-31(2)49-66(96)85-25-17-19-43(85)64(94)81(13)29-45(87)83(15)55(33(5)6)68(98)100-37(11)51(62(92)77-49)79-60(90)41-27-42(75-28-39-21-23-40(24-22-39)70(71,72)73)35(9)58-53(41)76-54-47(48(74)57(89)36(10)59(54)102-58)61(91)80-52-38(12)101-69(99)56(34(7)8)84(16)46(88)30-82(14)65(95)44-20-18-26-86(44)67(97)50(32(3)4)78-63(52)93/h21-24,27,31-34,37-38,43-44,49-52,55-56,75H,17-20,25-26,28-30,74H2,1-16H3,(H,77,92)(H,78,93)(H,79,90)(H,80,91)/t37-,38-,43+,44+,49-,50-,51+,52+,55+,56+/m1/s1. The van der Waals surface area contributed by atoms with E-state index >= 15 is 19.2 Å². The number of hydrogen-bond donors (Lipinski definition) is 6. The fourth-order valence-corrected chi connectivity index (χ4v) is 13.5. The van der Waals surface area contributed by atoms with Gasteiger partial charge in [-0.1, -0.05) is 67.5 Å². The highest BCUT2D eigenvalue weighted by Gasteiger charge is 2.47. The molecular weight excluding hydrogens is 1340 g/mol. The van der Waals surface area contributed by atoms with Crippen molar-refractivity contribution in [2.45, 2.75) is 182 Å². The lowest BCUT2D eigenvalue weighted by Crippen LogP contribution is -2.61. The van der Waals surface area contributed by atoms with E-state index in [0.29, 0.717) is 18.4 Å². The quantitative estimate of drug-likeness (QED) is 0.0712. The molecule has 554 valence electrons. The van der Waals surface area contributed by atoms with Crippen LogP contribution in [0.25, 0.3) is 22.6 Å². The number of nitrogens with one attached hydrogen (secondary N) is 5. The fraction of sp³-hybridized carbons (Fsp3) is 0.571. The van der Waals surface area contributed by atoms with Crippen molar-refractivity contribution in [2.75, 3.05) is 65.4 Å². The van der Waals surface area contributed by atoms with Crippen LogP contribution >= 0.6 is 0 Å². The highest BCUT2D eigenvalue weighted by molar-refractivity contribution is 6.11. The van der Waals surface area contributed by atoms with Crippen LogP contribution in [0.2, 0.25) is 0 Å². The predicted octanol–water partition coefficient (Wildman–Crippen LogP) is 3.36. The molecule has 7 N–H and O–H groups in total. The van der Waals surface area contributed by atoms with Crippen molar-refractivity contribution in [1.82, 2.24) is 55.7 Å². The van der Waals surface area contributed by atoms with Gasteiger partial charge >= 0.3 is 18.1 Å². The Balaban J connectivity index is 1.29. The molecule has 0 aromatic heterocycles. The molecule has 0 unspecified atom stereocenters. The molecule has 2 aromatic rings. The highest BCUT2D eigenvalue weighted by Crippen LogP contribution is 2.38. The number of anilines is 2. The van der Waals surface area contributed by atoms with Crippen LogP contribution in [0.1, 0.15) is 138 Å². The molecule has 0 saturated carbocycles. The molecule has 29 nitrogen and oxygen atoms in total. The molecule has 102 heavy (non-hydrogen) atoms. The van der Waals surface area contributed by atoms with Crippen molar-refractivity contribution < 1.29 is 84.6 Å². The summed E-state index contributed by atoms with van der Waals surface area (Å²) in [6.07, 6.45) is -6.70. The molecule has 0 spiro atoms. The van der Waals surface area contributed by atoms with Gasteiger partial charge in [-0.05, 0) is 101 Å². The number of nitrogen functional groups attached to an aromatic ring is 1. The van der Waals surface area contributed by atoms with Gasteiger partial charge in [-0.3, -0.25) is 52.7 Å². The fourth-order valence-electron chi connectivity index (χ4n) is 13.5. The Morgan fingerprint density at radius 3 is 1.50 bits per heavy atom. The third-order valence-corrected chi connectivity index (χ3v) is 19.5. The van der Waals surface area contributed by atoms with Gasteiger partial charge in [0.1, 0.15) is 71.8 Å². The largest absolute Gasteiger partial charge is 0.458 e. The maximum absolute atomic E-state index is 15.7. The SMILES string of the molecule is Cc1c2oc3c(C)c(NCc4ccc(C(F)(F)F)cc4)cc(C(=O)N[C@@H]4C(=O)N[C@H](C(C)C)C(=O)N5CCC[C@H]5C(=O)N(C)CC(=O)N(C)[C@@H](C(C)C)C(=O)O[C@@H]4C)c3nc-2c(C(=O)N[C@@H]2C(=O)N[C@H](C(C)C)C(=O)N3CCC[C@H]3C(=O)N(C)CC(=O)N(C)[C@@H](C(C)C)C(=O)O[C@@H]2C)c(N)c1=O. The second-order valence-electron chi connectivity index (χ2n) is 28.3. The number of rotatable bonds is 11. The van der Waals surface area contributed by atoms with Crippen LogP contribution in [0.3, 0.4) is 0 Å². The van der Waals surface area contributed by atoms with E-state index in [-0.39, 0.29) is 54.9 Å². The zero-order valence-corrected chi connectivity index (χ0v) is 60.2. The Bertz CT molecular complexity index is 4010. The van der Waals surface area contributed by atoms with E-state index in [1.54, 1.807) is 55.4 Å². The topological polar surface area (TPSA) is 372 Å². The van der Waals surface area contributed by atoms with E-state index < -0.39 is 219 Å². The number of ether oxygens (including phenoxy) is 2. The van der Waals surface area contributed by atoms with Crippen molar-refractivity contribution in [2.24, 2.45) is 23.7 Å². The van der Waals surface area contributed by atoms with Gasteiger partial charge in [0, 0.05) is 64.6 Å². The molecule has 0 radical (unpaired) electrons. The molecule has 32 heteroatoms. The predicted molar refractivity (Wildman–Crippen MR) is 364 cm³/mol. The first-order chi connectivity index (χ1) is 47.7. The number of cyclic esters (lactones) is 2. The van der Waals surface area contributed by atoms with Crippen molar-refractivity contribution in [3.05, 3.63) is 73.9 Å². The molecule has 1 aliphatic carbocycles. The van der Waals surface area contributed by atoms with E-state index in [1.165, 1.54) is 93.7 Å². The van der Waals surface area contributed by atoms with Crippen molar-refractivity contribution >= 4 is 93.5 Å². The minimum atomic E-state index is -4.67. The maximum atomic E-state index is 15.7. The molecule has 5 aliphatic heterocycles. The second-order valence-corrected chi connectivity index (χ2v) is 28.3. The first-order valence-electron chi connectivity index (χ1n) is 34.0. The Hall–Kier alpha value is -9.91. The van der Waals surface area contributed by atoms with Crippen molar-refractivity contribution in [3.63, 3.8) is 0 Å². The number of nitrogens with zero attached hydrogens (tertiary/aromatic N) is 7. The average Bonchev–Trinajstić information content (AvgIpc) is 0.974. The number of benzene rings is 3. The monoisotopic (exact) mass is 1430 g/mol. The highest BCUT2D eigenvalue weighted by atomic mass is 19.4. The minimum Gasteiger partial charge on any atom is -0.458 e. The zero-order valence-electron chi connectivity index (χ0n) is 60.2. The molecule has 5 heterocycles. The first-order valence-corrected chi connectivity index (χ1v) is 34.0. The van der Waals surface area contributed by atoms with Gasteiger partial charge in [-0.25, -0.2) is 14.6 Å². The molecule has 8 rings (SSSR count).